The van der Waals surface area contributed by atoms with Gasteiger partial charge in [-0.1, -0.05) is 38.1 Å². The topological polar surface area (TPSA) is 58.6 Å². The Morgan fingerprint density at radius 1 is 1.23 bits per heavy atom. The highest BCUT2D eigenvalue weighted by Gasteiger charge is 2.40. The van der Waals surface area contributed by atoms with E-state index in [0.717, 1.165) is 28.7 Å². The molecule has 5 heteroatoms. The molecular formula is C21H24FNO3. The number of carbonyl (C=O) groups is 1. The van der Waals surface area contributed by atoms with Gasteiger partial charge < -0.3 is 15.2 Å². The Hall–Kier alpha value is -2.56. The molecule has 1 aliphatic rings. The molecule has 0 saturated heterocycles. The second kappa shape index (κ2) is 6.63. The maximum absolute atomic E-state index is 14.3. The highest BCUT2D eigenvalue weighted by molar-refractivity contribution is 5.69. The Kier molecular flexibility index (Phi) is 4.65. The number of hydrogen-bond donors (Lipinski definition) is 2. The Bertz CT molecular complexity index is 845. The van der Waals surface area contributed by atoms with Crippen molar-refractivity contribution in [3.63, 3.8) is 0 Å². The minimum Gasteiger partial charge on any atom is -0.488 e. The van der Waals surface area contributed by atoms with Crippen molar-refractivity contribution in [2.45, 2.75) is 46.3 Å². The first-order valence-electron chi connectivity index (χ1n) is 8.76. The number of amides is 1. The molecule has 0 saturated carbocycles. The fourth-order valence-corrected chi connectivity index (χ4v) is 3.66. The monoisotopic (exact) mass is 357 g/mol. The average molecular weight is 357 g/mol. The zero-order chi connectivity index (χ0) is 19.1. The molecule has 138 valence electrons. The van der Waals surface area contributed by atoms with Crippen LogP contribution in [0.2, 0.25) is 0 Å². The summed E-state index contributed by atoms with van der Waals surface area (Å²) in [5.41, 5.74) is 3.55. The first-order valence-corrected chi connectivity index (χ1v) is 8.76. The van der Waals surface area contributed by atoms with Crippen molar-refractivity contribution in [3.8, 4) is 16.9 Å². The largest absolute Gasteiger partial charge is 0.488 e. The number of hydrogen-bond acceptors (Lipinski definition) is 2. The first-order chi connectivity index (χ1) is 12.2. The minimum atomic E-state index is -1.03. The molecule has 2 aromatic rings. The summed E-state index contributed by atoms with van der Waals surface area (Å²) in [6, 6.07) is 10.6. The van der Waals surface area contributed by atoms with Crippen LogP contribution in [0, 0.1) is 11.2 Å². The van der Waals surface area contributed by atoms with Gasteiger partial charge in [0.2, 0.25) is 0 Å². The molecule has 0 spiro atoms. The lowest BCUT2D eigenvalue weighted by Crippen LogP contribution is -2.34. The summed E-state index contributed by atoms with van der Waals surface area (Å²) < 4.78 is 19.7. The Labute approximate surface area is 153 Å². The van der Waals surface area contributed by atoms with Crippen molar-refractivity contribution in [2.75, 3.05) is 0 Å². The lowest BCUT2D eigenvalue weighted by Gasteiger charge is -2.27. The summed E-state index contributed by atoms with van der Waals surface area (Å²) in [5, 5.41) is 11.7. The maximum Gasteiger partial charge on any atom is 0.405 e. The summed E-state index contributed by atoms with van der Waals surface area (Å²) in [5.74, 6) is -0.140. The number of halogens is 1. The van der Waals surface area contributed by atoms with Crippen LogP contribution in [-0.4, -0.2) is 17.3 Å². The quantitative estimate of drug-likeness (QED) is 0.793. The van der Waals surface area contributed by atoms with Gasteiger partial charge in [-0.3, -0.25) is 0 Å². The highest BCUT2D eigenvalue weighted by Crippen LogP contribution is 2.46. The Balaban J connectivity index is 1.93. The van der Waals surface area contributed by atoms with E-state index in [4.69, 9.17) is 9.84 Å². The fraction of sp³-hybridized carbons (Fsp3) is 0.381. The van der Waals surface area contributed by atoms with E-state index in [1.54, 1.807) is 6.07 Å². The molecule has 4 nitrogen and oxygen atoms in total. The second-order valence-corrected chi connectivity index (χ2v) is 7.77. The molecule has 0 heterocycles. The van der Waals surface area contributed by atoms with Gasteiger partial charge in [0.25, 0.3) is 0 Å². The molecule has 1 unspecified atom stereocenters. The third-order valence-electron chi connectivity index (χ3n) is 4.78. The van der Waals surface area contributed by atoms with Gasteiger partial charge in [0, 0.05) is 0 Å². The molecular weight excluding hydrogens is 333 g/mol. The number of nitrogens with one attached hydrogen (secondary N) is 1. The van der Waals surface area contributed by atoms with E-state index in [-0.39, 0.29) is 29.1 Å². The van der Waals surface area contributed by atoms with Gasteiger partial charge >= 0.3 is 6.09 Å². The van der Waals surface area contributed by atoms with Gasteiger partial charge in [-0.05, 0) is 60.1 Å². The zero-order valence-electron chi connectivity index (χ0n) is 15.5. The van der Waals surface area contributed by atoms with Crippen LogP contribution in [0.4, 0.5) is 9.18 Å². The van der Waals surface area contributed by atoms with E-state index >= 15 is 0 Å². The van der Waals surface area contributed by atoms with Crippen LogP contribution in [0.25, 0.3) is 11.1 Å². The van der Waals surface area contributed by atoms with Crippen molar-refractivity contribution in [1.82, 2.24) is 5.32 Å². The van der Waals surface area contributed by atoms with Gasteiger partial charge in [-0.2, -0.15) is 0 Å². The number of fused-ring (bicyclic) bond motifs is 1. The van der Waals surface area contributed by atoms with E-state index in [2.05, 4.69) is 5.32 Å². The van der Waals surface area contributed by atoms with Crippen LogP contribution in [0.1, 0.15) is 44.9 Å². The molecule has 0 aliphatic heterocycles. The normalized spacial score (nSPS) is 17.8. The Morgan fingerprint density at radius 3 is 2.50 bits per heavy atom. The molecule has 1 amide bonds. The average Bonchev–Trinajstić information content (AvgIpc) is 2.78. The van der Waals surface area contributed by atoms with Crippen LogP contribution < -0.4 is 10.1 Å². The fourth-order valence-electron chi connectivity index (χ4n) is 3.66. The molecule has 2 N–H and O–H groups in total. The van der Waals surface area contributed by atoms with Gasteiger partial charge in [0.15, 0.2) is 11.6 Å². The zero-order valence-corrected chi connectivity index (χ0v) is 15.5. The molecule has 0 aromatic heterocycles. The molecule has 1 aliphatic carbocycles. The first kappa shape index (κ1) is 18.2. The summed E-state index contributed by atoms with van der Waals surface area (Å²) >= 11 is 0. The van der Waals surface area contributed by atoms with Gasteiger partial charge in [-0.15, -0.1) is 0 Å². The third kappa shape index (κ3) is 3.52. The molecule has 2 aromatic carbocycles. The predicted molar refractivity (Wildman–Crippen MR) is 99.0 cm³/mol. The SMILES string of the molecule is CC(C)Oc1ccc(-c2ccc3c(c2)CC(C)(C)C3NC(=O)O)cc1F. The van der Waals surface area contributed by atoms with E-state index in [9.17, 15) is 9.18 Å². The van der Waals surface area contributed by atoms with Crippen molar-refractivity contribution in [1.29, 1.82) is 0 Å². The van der Waals surface area contributed by atoms with E-state index in [1.807, 2.05) is 52.0 Å². The van der Waals surface area contributed by atoms with Crippen LogP contribution in [0.15, 0.2) is 36.4 Å². The molecule has 1 atom stereocenters. The number of carboxylic acid groups (broad SMARTS) is 1. The van der Waals surface area contributed by atoms with Crippen LogP contribution in [0.5, 0.6) is 5.75 Å². The molecule has 26 heavy (non-hydrogen) atoms. The number of rotatable bonds is 4. The highest BCUT2D eigenvalue weighted by atomic mass is 19.1. The Morgan fingerprint density at radius 2 is 1.88 bits per heavy atom. The van der Waals surface area contributed by atoms with Crippen LogP contribution in [-0.2, 0) is 6.42 Å². The van der Waals surface area contributed by atoms with Gasteiger partial charge in [0.1, 0.15) is 0 Å². The summed E-state index contributed by atoms with van der Waals surface area (Å²) in [4.78, 5) is 11.1. The van der Waals surface area contributed by atoms with Gasteiger partial charge in [0.05, 0.1) is 12.1 Å². The number of ether oxygens (including phenoxy) is 1. The van der Waals surface area contributed by atoms with E-state index in [1.165, 1.54) is 6.07 Å². The van der Waals surface area contributed by atoms with Crippen molar-refractivity contribution < 1.29 is 19.0 Å². The van der Waals surface area contributed by atoms with Crippen molar-refractivity contribution in [3.05, 3.63) is 53.3 Å². The van der Waals surface area contributed by atoms with E-state index in [0.29, 0.717) is 0 Å². The third-order valence-corrected chi connectivity index (χ3v) is 4.78. The lowest BCUT2D eigenvalue weighted by molar-refractivity contribution is 0.175. The second-order valence-electron chi connectivity index (χ2n) is 7.77. The maximum atomic E-state index is 14.3. The lowest BCUT2D eigenvalue weighted by atomic mass is 9.85. The molecule has 0 bridgehead atoms. The van der Waals surface area contributed by atoms with Crippen LogP contribution >= 0.6 is 0 Å². The molecule has 3 rings (SSSR count). The smallest absolute Gasteiger partial charge is 0.405 e. The molecule has 0 radical (unpaired) electrons. The minimum absolute atomic E-state index is 0.0868. The molecule has 0 fully saturated rings. The summed E-state index contributed by atoms with van der Waals surface area (Å²) in [6.07, 6.45) is -0.350. The standard InChI is InChI=1S/C21H24FNO3/c1-12(2)26-18-8-6-14(10-17(18)22)13-5-7-16-15(9-13)11-21(3,4)19(16)23-20(24)25/h5-10,12,19,23H,11H2,1-4H3,(H,24,25). The van der Waals surface area contributed by atoms with Gasteiger partial charge in [-0.25, -0.2) is 9.18 Å². The van der Waals surface area contributed by atoms with Crippen LogP contribution in [0.3, 0.4) is 0 Å². The predicted octanol–water partition coefficient (Wildman–Crippen LogP) is 5.17. The number of benzene rings is 2. The summed E-state index contributed by atoms with van der Waals surface area (Å²) in [6.45, 7) is 7.81. The van der Waals surface area contributed by atoms with Crippen molar-refractivity contribution in [2.24, 2.45) is 5.41 Å². The summed E-state index contributed by atoms with van der Waals surface area (Å²) in [7, 11) is 0. The van der Waals surface area contributed by atoms with Crippen molar-refractivity contribution >= 4 is 6.09 Å². The van der Waals surface area contributed by atoms with E-state index < -0.39 is 6.09 Å².